The van der Waals surface area contributed by atoms with E-state index in [1.165, 1.54) is 0 Å². The predicted molar refractivity (Wildman–Crippen MR) is 35.7 cm³/mol. The molecule has 49 valence electrons. The Morgan fingerprint density at radius 1 is 1.78 bits per heavy atom. The van der Waals surface area contributed by atoms with Gasteiger partial charge in [-0.1, -0.05) is 4.99 Å². The fourth-order valence-corrected chi connectivity index (χ4v) is 0.737. The highest BCUT2D eigenvalue weighted by Crippen LogP contribution is 1.95. The molecule has 1 aliphatic rings. The van der Waals surface area contributed by atoms with Gasteiger partial charge in [0, 0.05) is 0 Å². The number of nitrogens with zero attached hydrogens (tertiary/aromatic N) is 2. The third kappa shape index (κ3) is 1.29. The largest absolute Gasteiger partial charge is 0.396 e. The third-order valence-corrected chi connectivity index (χ3v) is 1.26. The van der Waals surface area contributed by atoms with E-state index in [1.54, 1.807) is 6.20 Å². The first-order chi connectivity index (χ1) is 4.34. The molecule has 0 aromatic heterocycles. The zero-order chi connectivity index (χ0) is 6.69. The Labute approximate surface area is 54.3 Å². The van der Waals surface area contributed by atoms with Gasteiger partial charge in [0.15, 0.2) is 6.20 Å². The van der Waals surface area contributed by atoms with E-state index in [0.29, 0.717) is 6.42 Å². The van der Waals surface area contributed by atoms with E-state index in [2.05, 4.69) is 4.99 Å². The quantitative estimate of drug-likeness (QED) is 0.542. The van der Waals surface area contributed by atoms with Crippen LogP contribution in [0.4, 0.5) is 0 Å². The molecule has 0 saturated carbocycles. The maximum atomic E-state index is 8.51. The molecule has 0 saturated heterocycles. The second kappa shape index (κ2) is 2.64. The first-order valence-electron chi connectivity index (χ1n) is 2.91. The van der Waals surface area contributed by atoms with Crippen molar-refractivity contribution in [2.75, 3.05) is 13.7 Å². The average Bonchev–Trinajstić information content (AvgIpc) is 2.18. The Morgan fingerprint density at radius 2 is 2.56 bits per heavy atom. The molecule has 1 heterocycles. The molecular weight excluding hydrogens is 116 g/mol. The fourth-order valence-electron chi connectivity index (χ4n) is 0.737. The molecule has 0 spiro atoms. The molecule has 0 amide bonds. The maximum absolute atomic E-state index is 8.51. The number of aliphatic hydroxyl groups excluding tert-OH is 1. The monoisotopic (exact) mass is 126 g/mol. The molecule has 1 aliphatic heterocycles. The van der Waals surface area contributed by atoms with E-state index in [4.69, 9.17) is 5.11 Å². The maximum Gasteiger partial charge on any atom is 0.300 e. The summed E-state index contributed by atoms with van der Waals surface area (Å²) in [5.41, 5.74) is 0. The van der Waals surface area contributed by atoms with Crippen molar-refractivity contribution < 1.29 is 5.11 Å². The lowest BCUT2D eigenvalue weighted by Gasteiger charge is -1.98. The minimum Gasteiger partial charge on any atom is -0.396 e. The first kappa shape index (κ1) is 6.29. The van der Waals surface area contributed by atoms with Crippen LogP contribution in [0.25, 0.3) is 0 Å². The molecule has 3 nitrogen and oxygen atoms in total. The van der Waals surface area contributed by atoms with Crippen LogP contribution < -0.4 is 4.99 Å². The highest BCUT2D eigenvalue weighted by Gasteiger charge is 2.17. The number of amidine groups is 1. The van der Waals surface area contributed by atoms with E-state index in [9.17, 15) is 0 Å². The van der Waals surface area contributed by atoms with Gasteiger partial charge in [0.25, 0.3) is 0 Å². The number of rotatable bonds is 2. The van der Waals surface area contributed by atoms with Crippen LogP contribution in [0, 0.1) is 0 Å². The minimum absolute atomic E-state index is 0.171. The van der Waals surface area contributed by atoms with Crippen molar-refractivity contribution in [2.24, 2.45) is 0 Å². The van der Waals surface area contributed by atoms with Crippen molar-refractivity contribution in [3.05, 3.63) is 12.4 Å². The third-order valence-electron chi connectivity index (χ3n) is 1.26. The molecule has 0 bridgehead atoms. The average molecular weight is 126 g/mol. The van der Waals surface area contributed by atoms with E-state index in [1.807, 2.05) is 18.1 Å². The normalized spacial score (nSPS) is 16.7. The van der Waals surface area contributed by atoms with Gasteiger partial charge >= 0.3 is 5.84 Å². The van der Waals surface area contributed by atoms with Crippen molar-refractivity contribution >= 4 is 5.84 Å². The summed E-state index contributed by atoms with van der Waals surface area (Å²) in [7, 11) is 1.91. The lowest BCUT2D eigenvalue weighted by atomic mass is 10.4. The van der Waals surface area contributed by atoms with Gasteiger partial charge in [-0.25, -0.2) is 4.90 Å². The van der Waals surface area contributed by atoms with E-state index in [0.717, 1.165) is 5.84 Å². The zero-order valence-corrected chi connectivity index (χ0v) is 5.41. The lowest BCUT2D eigenvalue weighted by molar-refractivity contribution is 0.303. The Balaban J connectivity index is 2.44. The van der Waals surface area contributed by atoms with Gasteiger partial charge in [0.05, 0.1) is 20.1 Å². The minimum atomic E-state index is 0.171. The molecule has 3 heteroatoms. The summed E-state index contributed by atoms with van der Waals surface area (Å²) >= 11 is 0. The van der Waals surface area contributed by atoms with Gasteiger partial charge in [-0.15, -0.1) is 0 Å². The standard InChI is InChI=1S/C6H10N2O/c1-8-4-3-7-6(8)2-5-9/h3-4,9H,2,5H2,1H3/q+1. The second-order valence-electron chi connectivity index (χ2n) is 1.93. The summed E-state index contributed by atoms with van der Waals surface area (Å²) in [5.74, 6) is 0.928. The molecule has 9 heavy (non-hydrogen) atoms. The predicted octanol–water partition coefficient (Wildman–Crippen LogP) is -0.480. The molecular formula is C6H10N2O+. The number of aliphatic hydroxyl groups is 1. The van der Waals surface area contributed by atoms with Gasteiger partial charge in [0.2, 0.25) is 0 Å². The van der Waals surface area contributed by atoms with Gasteiger partial charge in [0.1, 0.15) is 6.20 Å². The van der Waals surface area contributed by atoms with Crippen LogP contribution in [0.3, 0.4) is 0 Å². The van der Waals surface area contributed by atoms with Crippen LogP contribution in [-0.4, -0.2) is 29.5 Å². The topological polar surface area (TPSA) is 37.6 Å². The lowest BCUT2D eigenvalue weighted by Crippen LogP contribution is -2.21. The van der Waals surface area contributed by atoms with Crippen LogP contribution in [-0.2, 0) is 0 Å². The van der Waals surface area contributed by atoms with Crippen LogP contribution >= 0.6 is 0 Å². The molecule has 1 N–H and O–H groups in total. The van der Waals surface area contributed by atoms with Gasteiger partial charge < -0.3 is 5.11 Å². The number of hydrogen-bond donors (Lipinski definition) is 1. The SMILES string of the molecule is CN1C=C[N+]=C1CCO. The van der Waals surface area contributed by atoms with Gasteiger partial charge in [-0.2, -0.15) is 0 Å². The highest BCUT2D eigenvalue weighted by atomic mass is 16.3. The summed E-state index contributed by atoms with van der Waals surface area (Å²) in [4.78, 5) is 5.91. The molecule has 1 rings (SSSR count). The molecule has 0 aromatic rings. The fraction of sp³-hybridized carbons (Fsp3) is 0.500. The van der Waals surface area contributed by atoms with Crippen molar-refractivity contribution in [2.45, 2.75) is 6.42 Å². The number of aliphatic imine (C=N–C) groups is 1. The van der Waals surface area contributed by atoms with Crippen LogP contribution in [0.15, 0.2) is 12.4 Å². The summed E-state index contributed by atoms with van der Waals surface area (Å²) in [6.45, 7) is 0.171. The van der Waals surface area contributed by atoms with E-state index >= 15 is 0 Å². The Kier molecular flexibility index (Phi) is 1.85. The van der Waals surface area contributed by atoms with Crippen LogP contribution in [0.1, 0.15) is 6.42 Å². The molecule has 0 unspecified atom stereocenters. The zero-order valence-electron chi connectivity index (χ0n) is 5.41. The van der Waals surface area contributed by atoms with Gasteiger partial charge in [-0.05, 0) is 0 Å². The highest BCUT2D eigenvalue weighted by molar-refractivity contribution is 5.83. The molecule has 0 fully saturated rings. The molecule has 1 radical (unpaired) electrons. The smallest absolute Gasteiger partial charge is 0.300 e. The first-order valence-corrected chi connectivity index (χ1v) is 2.91. The molecule has 0 atom stereocenters. The number of hydrogen-bond acceptors (Lipinski definition) is 3. The Bertz CT molecular complexity index is 151. The molecule has 0 aliphatic carbocycles. The van der Waals surface area contributed by atoms with Crippen LogP contribution in [0.5, 0.6) is 0 Å². The van der Waals surface area contributed by atoms with Crippen molar-refractivity contribution in [1.29, 1.82) is 0 Å². The molecule has 0 aromatic carbocycles. The summed E-state index contributed by atoms with van der Waals surface area (Å²) in [6, 6.07) is 0. The van der Waals surface area contributed by atoms with E-state index < -0.39 is 0 Å². The second-order valence-corrected chi connectivity index (χ2v) is 1.93. The van der Waals surface area contributed by atoms with Crippen LogP contribution in [0.2, 0.25) is 0 Å². The van der Waals surface area contributed by atoms with Crippen molar-refractivity contribution in [3.63, 3.8) is 0 Å². The van der Waals surface area contributed by atoms with Crippen molar-refractivity contribution in [1.82, 2.24) is 9.89 Å². The summed E-state index contributed by atoms with van der Waals surface area (Å²) < 4.78 is 0. The van der Waals surface area contributed by atoms with E-state index in [-0.39, 0.29) is 6.61 Å². The summed E-state index contributed by atoms with van der Waals surface area (Å²) in [6.07, 6.45) is 4.24. The summed E-state index contributed by atoms with van der Waals surface area (Å²) in [5, 5.41) is 8.51. The van der Waals surface area contributed by atoms with Crippen molar-refractivity contribution in [3.8, 4) is 0 Å². The Morgan fingerprint density at radius 3 is 3.00 bits per heavy atom. The van der Waals surface area contributed by atoms with Gasteiger partial charge in [-0.3, -0.25) is 0 Å². The Hall–Kier alpha value is -0.830.